The molecule has 0 fully saturated rings. The van der Waals surface area contributed by atoms with Crippen LogP contribution in [0.2, 0.25) is 5.02 Å². The maximum atomic E-state index is 13.4. The van der Waals surface area contributed by atoms with E-state index in [-0.39, 0.29) is 35.0 Å². The molecule has 0 aliphatic carbocycles. The maximum Gasteiger partial charge on any atom is 0.274 e. The van der Waals surface area contributed by atoms with Crippen molar-refractivity contribution in [1.29, 1.82) is 0 Å². The molecule has 0 unspecified atom stereocenters. The number of anilines is 1. The number of carbonyl (C=O) groups is 2. The number of fused-ring (bicyclic) bond motifs is 1. The molecule has 33 heavy (non-hydrogen) atoms. The van der Waals surface area contributed by atoms with Gasteiger partial charge in [-0.1, -0.05) is 11.6 Å². The highest BCUT2D eigenvalue weighted by molar-refractivity contribution is 6.32. The van der Waals surface area contributed by atoms with E-state index in [1.165, 1.54) is 22.4 Å². The summed E-state index contributed by atoms with van der Waals surface area (Å²) in [5, 5.41) is 14.6. The standard InChI is InChI=1S/C22H22ClN7O3/c1-12(2)26-22(32)19-18(13(3)10-14-7-9-25-29(14)19)27-21(31)16-11-17(33-4)28-30(16)20-15(23)6-5-8-24-20/h5-12H,1-4H3,(H,26,32)(H,27,31). The second-order valence-electron chi connectivity index (χ2n) is 7.59. The van der Waals surface area contributed by atoms with Gasteiger partial charge in [-0.15, -0.1) is 5.10 Å². The highest BCUT2D eigenvalue weighted by Crippen LogP contribution is 2.26. The number of nitrogens with zero attached hydrogens (tertiary/aromatic N) is 5. The zero-order valence-corrected chi connectivity index (χ0v) is 19.2. The van der Waals surface area contributed by atoms with E-state index < -0.39 is 5.91 Å². The summed E-state index contributed by atoms with van der Waals surface area (Å²) in [6, 6.07) is 8.30. The minimum Gasteiger partial charge on any atom is -0.480 e. The first-order chi connectivity index (χ1) is 15.8. The van der Waals surface area contributed by atoms with Gasteiger partial charge < -0.3 is 15.4 Å². The first-order valence-corrected chi connectivity index (χ1v) is 10.5. The van der Waals surface area contributed by atoms with Crippen LogP contribution < -0.4 is 15.4 Å². The first kappa shape index (κ1) is 22.3. The normalized spacial score (nSPS) is 11.1. The van der Waals surface area contributed by atoms with E-state index in [1.54, 1.807) is 30.6 Å². The molecular formula is C22H22ClN7O3. The van der Waals surface area contributed by atoms with Crippen LogP contribution >= 0.6 is 11.6 Å². The van der Waals surface area contributed by atoms with Gasteiger partial charge in [0.15, 0.2) is 11.5 Å². The van der Waals surface area contributed by atoms with Crippen molar-refractivity contribution in [3.63, 3.8) is 0 Å². The Morgan fingerprint density at radius 3 is 2.64 bits per heavy atom. The molecule has 0 aromatic carbocycles. The van der Waals surface area contributed by atoms with Crippen LogP contribution in [0.25, 0.3) is 11.3 Å². The SMILES string of the molecule is COc1cc(C(=O)Nc2c(C)cc3ccnn3c2C(=O)NC(C)C)n(-c2ncccc2Cl)n1. The number of ether oxygens (including phenoxy) is 1. The quantitative estimate of drug-likeness (QED) is 0.449. The lowest BCUT2D eigenvalue weighted by Gasteiger charge is -2.17. The summed E-state index contributed by atoms with van der Waals surface area (Å²) in [4.78, 5) is 30.7. The number of halogens is 1. The minimum atomic E-state index is -0.527. The number of rotatable bonds is 6. The molecule has 4 aromatic rings. The molecule has 0 bridgehead atoms. The van der Waals surface area contributed by atoms with Crippen molar-refractivity contribution in [2.75, 3.05) is 12.4 Å². The van der Waals surface area contributed by atoms with Crippen LogP contribution in [0.4, 0.5) is 5.69 Å². The third kappa shape index (κ3) is 4.24. The van der Waals surface area contributed by atoms with E-state index >= 15 is 0 Å². The Hall–Kier alpha value is -3.92. The smallest absolute Gasteiger partial charge is 0.274 e. The molecule has 0 aliphatic rings. The highest BCUT2D eigenvalue weighted by Gasteiger charge is 2.25. The first-order valence-electron chi connectivity index (χ1n) is 10.1. The number of carbonyl (C=O) groups excluding carboxylic acids is 2. The van der Waals surface area contributed by atoms with E-state index in [2.05, 4.69) is 25.8 Å². The van der Waals surface area contributed by atoms with E-state index in [0.29, 0.717) is 16.3 Å². The molecule has 0 radical (unpaired) electrons. The Balaban J connectivity index is 1.81. The Kier molecular flexibility index (Phi) is 6.01. The van der Waals surface area contributed by atoms with E-state index in [0.717, 1.165) is 5.52 Å². The number of aryl methyl sites for hydroxylation is 1. The average molecular weight is 468 g/mol. The number of hydrogen-bond donors (Lipinski definition) is 2. The molecule has 11 heteroatoms. The largest absolute Gasteiger partial charge is 0.480 e. The van der Waals surface area contributed by atoms with Crippen LogP contribution in [0.5, 0.6) is 5.88 Å². The molecule has 170 valence electrons. The fourth-order valence-electron chi connectivity index (χ4n) is 3.39. The molecule has 0 saturated heterocycles. The molecule has 0 aliphatic heterocycles. The number of amides is 2. The van der Waals surface area contributed by atoms with E-state index in [4.69, 9.17) is 16.3 Å². The predicted octanol–water partition coefficient (Wildman–Crippen LogP) is 3.28. The Labute approximate surface area is 194 Å². The third-order valence-corrected chi connectivity index (χ3v) is 5.12. The topological polar surface area (TPSA) is 115 Å². The second kappa shape index (κ2) is 8.91. The molecule has 2 amide bonds. The van der Waals surface area contributed by atoms with E-state index in [1.807, 2.05) is 26.8 Å². The zero-order valence-electron chi connectivity index (χ0n) is 18.5. The van der Waals surface area contributed by atoms with Gasteiger partial charge in [-0.25, -0.2) is 14.2 Å². The summed E-state index contributed by atoms with van der Waals surface area (Å²) in [5.41, 5.74) is 2.09. The van der Waals surface area contributed by atoms with Crippen molar-refractivity contribution in [2.45, 2.75) is 26.8 Å². The predicted molar refractivity (Wildman–Crippen MR) is 123 cm³/mol. The monoisotopic (exact) mass is 467 g/mol. The average Bonchev–Trinajstić information content (AvgIpc) is 3.40. The Morgan fingerprint density at radius 2 is 1.94 bits per heavy atom. The molecule has 0 saturated carbocycles. The van der Waals surface area contributed by atoms with Gasteiger partial charge in [0.1, 0.15) is 5.69 Å². The Morgan fingerprint density at radius 1 is 1.15 bits per heavy atom. The van der Waals surface area contributed by atoms with Gasteiger partial charge in [-0.3, -0.25) is 9.59 Å². The van der Waals surface area contributed by atoms with Crippen molar-refractivity contribution >= 4 is 34.6 Å². The molecule has 4 rings (SSSR count). The van der Waals surface area contributed by atoms with Crippen LogP contribution in [-0.4, -0.2) is 49.3 Å². The molecule has 2 N–H and O–H groups in total. The van der Waals surface area contributed by atoms with Gasteiger partial charge in [-0.2, -0.15) is 5.10 Å². The Bertz CT molecular complexity index is 1360. The van der Waals surface area contributed by atoms with Crippen molar-refractivity contribution in [3.05, 3.63) is 64.7 Å². The van der Waals surface area contributed by atoms with Gasteiger partial charge in [0.05, 0.1) is 29.5 Å². The van der Waals surface area contributed by atoms with Crippen LogP contribution in [0.1, 0.15) is 40.4 Å². The summed E-state index contributed by atoms with van der Waals surface area (Å²) >= 11 is 6.28. The third-order valence-electron chi connectivity index (χ3n) is 4.82. The van der Waals surface area contributed by atoms with Crippen molar-refractivity contribution in [1.82, 2.24) is 29.7 Å². The number of hydrogen-bond acceptors (Lipinski definition) is 6. The van der Waals surface area contributed by atoms with Crippen LogP contribution in [0, 0.1) is 6.92 Å². The second-order valence-corrected chi connectivity index (χ2v) is 8.00. The summed E-state index contributed by atoms with van der Waals surface area (Å²) in [6.45, 7) is 5.52. The summed E-state index contributed by atoms with van der Waals surface area (Å²) in [5.74, 6) is -0.416. The summed E-state index contributed by atoms with van der Waals surface area (Å²) in [7, 11) is 1.44. The van der Waals surface area contributed by atoms with Crippen LogP contribution in [0.15, 0.2) is 42.7 Å². The van der Waals surface area contributed by atoms with Crippen LogP contribution in [-0.2, 0) is 0 Å². The maximum absolute atomic E-state index is 13.4. The lowest BCUT2D eigenvalue weighted by molar-refractivity contribution is 0.0936. The van der Waals surface area contributed by atoms with Crippen LogP contribution in [0.3, 0.4) is 0 Å². The van der Waals surface area contributed by atoms with Gasteiger partial charge in [0.2, 0.25) is 5.88 Å². The van der Waals surface area contributed by atoms with Crippen molar-refractivity contribution in [2.24, 2.45) is 0 Å². The molecule has 0 spiro atoms. The highest BCUT2D eigenvalue weighted by atomic mass is 35.5. The summed E-state index contributed by atoms with van der Waals surface area (Å²) < 4.78 is 8.00. The number of nitrogens with one attached hydrogen (secondary N) is 2. The molecule has 10 nitrogen and oxygen atoms in total. The molecular weight excluding hydrogens is 446 g/mol. The van der Waals surface area contributed by atoms with Gasteiger partial charge in [-0.05, 0) is 50.6 Å². The zero-order chi connectivity index (χ0) is 23.7. The number of aromatic nitrogens is 5. The fourth-order valence-corrected chi connectivity index (χ4v) is 3.59. The lowest BCUT2D eigenvalue weighted by atomic mass is 10.1. The van der Waals surface area contributed by atoms with Crippen molar-refractivity contribution < 1.29 is 14.3 Å². The summed E-state index contributed by atoms with van der Waals surface area (Å²) in [6.07, 6.45) is 3.14. The molecule has 4 aromatic heterocycles. The van der Waals surface area contributed by atoms with Gasteiger partial charge >= 0.3 is 0 Å². The number of pyridine rings is 2. The fraction of sp³-hybridized carbons (Fsp3) is 0.227. The molecule has 4 heterocycles. The minimum absolute atomic E-state index is 0.107. The molecule has 0 atom stereocenters. The lowest BCUT2D eigenvalue weighted by Crippen LogP contribution is -2.33. The van der Waals surface area contributed by atoms with Gasteiger partial charge in [0.25, 0.3) is 11.8 Å². The van der Waals surface area contributed by atoms with E-state index in [9.17, 15) is 9.59 Å². The van der Waals surface area contributed by atoms with Crippen molar-refractivity contribution in [3.8, 4) is 11.7 Å². The van der Waals surface area contributed by atoms with Gasteiger partial charge in [0, 0.05) is 18.3 Å². The number of methoxy groups -OCH3 is 1.